The third-order valence-electron chi connectivity index (χ3n) is 3.95. The van der Waals surface area contributed by atoms with Crippen molar-refractivity contribution in [1.82, 2.24) is 5.32 Å². The molecule has 0 bridgehead atoms. The normalized spacial score (nSPS) is 17.0. The van der Waals surface area contributed by atoms with Crippen LogP contribution in [0.1, 0.15) is 5.56 Å². The molecule has 0 radical (unpaired) electrons. The predicted molar refractivity (Wildman–Crippen MR) is 94.6 cm³/mol. The number of carbonyl (C=O) groups excluding carboxylic acids is 2. The fraction of sp³-hybridized carbons (Fsp3) is 0.111. The molecule has 0 aliphatic carbocycles. The molecule has 0 saturated carbocycles. The molecule has 2 aromatic rings. The van der Waals surface area contributed by atoms with Gasteiger partial charge in [0.1, 0.15) is 5.70 Å². The molecule has 3 amide bonds. The summed E-state index contributed by atoms with van der Waals surface area (Å²) in [4.78, 5) is 25.9. The summed E-state index contributed by atoms with van der Waals surface area (Å²) in [5, 5.41) is 3.09. The number of anilines is 1. The molecule has 0 unspecified atom stereocenters. The summed E-state index contributed by atoms with van der Waals surface area (Å²) >= 11 is 5.85. The number of nitrogens with zero attached hydrogens (tertiary/aromatic N) is 1. The van der Waals surface area contributed by atoms with Gasteiger partial charge in [-0.05, 0) is 48.0 Å². The van der Waals surface area contributed by atoms with Gasteiger partial charge < -0.3 is 19.5 Å². The molecular weight excluding hydrogens is 360 g/mol. The van der Waals surface area contributed by atoms with Gasteiger partial charge in [-0.25, -0.2) is 9.69 Å². The Morgan fingerprint density at radius 3 is 2.69 bits per heavy atom. The highest BCUT2D eigenvalue weighted by Gasteiger charge is 2.35. The van der Waals surface area contributed by atoms with Crippen LogP contribution >= 0.6 is 11.6 Å². The van der Waals surface area contributed by atoms with Gasteiger partial charge in [0.15, 0.2) is 11.5 Å². The van der Waals surface area contributed by atoms with E-state index >= 15 is 0 Å². The summed E-state index contributed by atoms with van der Waals surface area (Å²) in [6, 6.07) is 9.31. The fourth-order valence-electron chi connectivity index (χ4n) is 2.76. The summed E-state index contributed by atoms with van der Waals surface area (Å²) in [6.07, 6.45) is 1.56. The van der Waals surface area contributed by atoms with Crippen molar-refractivity contribution in [2.75, 3.05) is 18.8 Å². The number of urea groups is 1. The van der Waals surface area contributed by atoms with Gasteiger partial charge in [-0.3, -0.25) is 4.79 Å². The maximum absolute atomic E-state index is 12.6. The number of hydrogen-bond donors (Lipinski definition) is 1. The zero-order chi connectivity index (χ0) is 18.3. The van der Waals surface area contributed by atoms with Crippen LogP contribution in [0.5, 0.6) is 17.2 Å². The number of benzene rings is 2. The van der Waals surface area contributed by atoms with Gasteiger partial charge in [-0.2, -0.15) is 0 Å². The van der Waals surface area contributed by atoms with Crippen molar-refractivity contribution < 1.29 is 23.8 Å². The van der Waals surface area contributed by atoms with Crippen molar-refractivity contribution in [3.05, 3.63) is 52.7 Å². The van der Waals surface area contributed by atoms with Gasteiger partial charge in [-0.1, -0.05) is 11.6 Å². The van der Waals surface area contributed by atoms with Crippen LogP contribution < -0.4 is 24.4 Å². The number of imide groups is 1. The monoisotopic (exact) mass is 372 g/mol. The van der Waals surface area contributed by atoms with E-state index in [1.165, 1.54) is 7.11 Å². The molecule has 8 heteroatoms. The van der Waals surface area contributed by atoms with Gasteiger partial charge in [-0.15, -0.1) is 0 Å². The second-order valence-corrected chi connectivity index (χ2v) is 6.00. The molecule has 0 aromatic heterocycles. The van der Waals surface area contributed by atoms with Crippen LogP contribution in [0.3, 0.4) is 0 Å². The molecule has 0 atom stereocenters. The first kappa shape index (κ1) is 16.3. The topological polar surface area (TPSA) is 77.1 Å². The van der Waals surface area contributed by atoms with Crippen LogP contribution in [0.25, 0.3) is 6.08 Å². The van der Waals surface area contributed by atoms with Gasteiger partial charge in [0.05, 0.1) is 12.8 Å². The lowest BCUT2D eigenvalue weighted by Gasteiger charge is -2.11. The van der Waals surface area contributed by atoms with Gasteiger partial charge in [0, 0.05) is 5.02 Å². The van der Waals surface area contributed by atoms with E-state index < -0.39 is 11.9 Å². The molecule has 1 saturated heterocycles. The molecule has 4 rings (SSSR count). The summed E-state index contributed by atoms with van der Waals surface area (Å²) < 4.78 is 16.0. The van der Waals surface area contributed by atoms with Crippen molar-refractivity contribution >= 4 is 35.3 Å². The summed E-state index contributed by atoms with van der Waals surface area (Å²) in [5.74, 6) is 1.05. The number of hydrogen-bond acceptors (Lipinski definition) is 5. The van der Waals surface area contributed by atoms with Gasteiger partial charge in [0.25, 0.3) is 5.91 Å². The molecule has 2 aliphatic rings. The van der Waals surface area contributed by atoms with Crippen LogP contribution in [-0.2, 0) is 4.79 Å². The number of fused-ring (bicyclic) bond motifs is 1. The first-order chi connectivity index (χ1) is 12.6. The Hall–Kier alpha value is -3.19. The highest BCUT2D eigenvalue weighted by molar-refractivity contribution is 6.31. The second kappa shape index (κ2) is 6.27. The Bertz CT molecular complexity index is 939. The number of halogens is 1. The smallest absolute Gasteiger partial charge is 0.333 e. The third kappa shape index (κ3) is 2.72. The largest absolute Gasteiger partial charge is 0.493 e. The lowest BCUT2D eigenvalue weighted by molar-refractivity contribution is -0.113. The molecule has 1 fully saturated rings. The van der Waals surface area contributed by atoms with Crippen LogP contribution in [0.15, 0.2) is 42.1 Å². The molecule has 132 valence electrons. The van der Waals surface area contributed by atoms with E-state index in [2.05, 4.69) is 5.32 Å². The lowest BCUT2D eigenvalue weighted by atomic mass is 10.1. The molecule has 0 spiro atoms. The third-order valence-corrected chi connectivity index (χ3v) is 4.21. The van der Waals surface area contributed by atoms with Crippen LogP contribution in [0.2, 0.25) is 5.02 Å². The molecule has 7 nitrogen and oxygen atoms in total. The van der Waals surface area contributed by atoms with Gasteiger partial charge in [0.2, 0.25) is 12.5 Å². The fourth-order valence-corrected chi connectivity index (χ4v) is 2.89. The number of nitrogens with one attached hydrogen (secondary N) is 1. The highest BCUT2D eigenvalue weighted by atomic mass is 35.5. The minimum atomic E-state index is -0.531. The number of carbonyl (C=O) groups is 2. The molecule has 1 N–H and O–H groups in total. The van der Waals surface area contributed by atoms with Crippen molar-refractivity contribution in [3.8, 4) is 17.2 Å². The van der Waals surface area contributed by atoms with Crippen molar-refractivity contribution in [3.63, 3.8) is 0 Å². The quantitative estimate of drug-likeness (QED) is 0.661. The Labute approximate surface area is 153 Å². The Kier molecular flexibility index (Phi) is 3.93. The Balaban J connectivity index is 1.68. The van der Waals surface area contributed by atoms with Crippen molar-refractivity contribution in [1.29, 1.82) is 0 Å². The van der Waals surface area contributed by atoms with Crippen molar-refractivity contribution in [2.24, 2.45) is 0 Å². The van der Waals surface area contributed by atoms with E-state index in [1.54, 1.807) is 42.5 Å². The summed E-state index contributed by atoms with van der Waals surface area (Å²) in [7, 11) is 1.51. The van der Waals surface area contributed by atoms with E-state index in [9.17, 15) is 9.59 Å². The first-order valence-electron chi connectivity index (χ1n) is 7.67. The molecular formula is C18H13ClN2O5. The Morgan fingerprint density at radius 2 is 1.96 bits per heavy atom. The predicted octanol–water partition coefficient (Wildman–Crippen LogP) is 3.17. The minimum absolute atomic E-state index is 0.103. The summed E-state index contributed by atoms with van der Waals surface area (Å²) in [6.45, 7) is 0.103. The minimum Gasteiger partial charge on any atom is -0.493 e. The lowest BCUT2D eigenvalue weighted by Crippen LogP contribution is -2.30. The number of rotatable bonds is 3. The average molecular weight is 373 g/mol. The average Bonchev–Trinajstić information content (AvgIpc) is 3.20. The van der Waals surface area contributed by atoms with E-state index in [0.717, 1.165) is 4.90 Å². The maximum Gasteiger partial charge on any atom is 0.333 e. The molecule has 2 aliphatic heterocycles. The Morgan fingerprint density at radius 1 is 1.19 bits per heavy atom. The highest BCUT2D eigenvalue weighted by Crippen LogP contribution is 2.42. The SMILES string of the molecule is COc1cc(/C=C2/NC(=O)N(c3ccc(Cl)cc3)C2=O)cc2c1OCO2. The van der Waals surface area contributed by atoms with E-state index in [4.69, 9.17) is 25.8 Å². The van der Waals surface area contributed by atoms with E-state index in [1.807, 2.05) is 0 Å². The molecule has 2 aromatic carbocycles. The number of ether oxygens (including phenoxy) is 3. The number of methoxy groups -OCH3 is 1. The van der Waals surface area contributed by atoms with Crippen LogP contribution in [0.4, 0.5) is 10.5 Å². The zero-order valence-electron chi connectivity index (χ0n) is 13.6. The van der Waals surface area contributed by atoms with E-state index in [-0.39, 0.29) is 12.5 Å². The first-order valence-corrected chi connectivity index (χ1v) is 8.05. The molecule has 26 heavy (non-hydrogen) atoms. The second-order valence-electron chi connectivity index (χ2n) is 5.56. The molecule has 2 heterocycles. The number of amides is 3. The van der Waals surface area contributed by atoms with E-state index in [0.29, 0.717) is 33.5 Å². The van der Waals surface area contributed by atoms with Crippen LogP contribution in [-0.4, -0.2) is 25.8 Å². The zero-order valence-corrected chi connectivity index (χ0v) is 14.4. The van der Waals surface area contributed by atoms with Crippen LogP contribution in [0, 0.1) is 0 Å². The standard InChI is InChI=1S/C18H13ClN2O5/c1-24-14-7-10(8-15-16(14)26-9-25-15)6-13-17(22)21(18(23)20-13)12-4-2-11(19)3-5-12/h2-8H,9H2,1H3,(H,20,23)/b13-6+. The maximum atomic E-state index is 12.6. The van der Waals surface area contributed by atoms with Crippen molar-refractivity contribution in [2.45, 2.75) is 0 Å². The van der Waals surface area contributed by atoms with Gasteiger partial charge >= 0.3 is 6.03 Å². The summed E-state index contributed by atoms with van der Waals surface area (Å²) in [5.41, 5.74) is 1.21.